The van der Waals surface area contributed by atoms with Crippen LogP contribution in [0.2, 0.25) is 0 Å². The van der Waals surface area contributed by atoms with Gasteiger partial charge in [-0.15, -0.1) is 0 Å². The van der Waals surface area contributed by atoms with Gasteiger partial charge in [0.15, 0.2) is 0 Å². The van der Waals surface area contributed by atoms with Gasteiger partial charge in [0.25, 0.3) is 5.91 Å². The van der Waals surface area contributed by atoms with Crippen LogP contribution in [0.4, 0.5) is 0 Å². The molecule has 2 aromatic rings. The number of nitrogens with one attached hydrogen (secondary N) is 1. The van der Waals surface area contributed by atoms with Gasteiger partial charge in [0.1, 0.15) is 18.5 Å². The van der Waals surface area contributed by atoms with Crippen LogP contribution in [0.25, 0.3) is 0 Å². The Hall–Kier alpha value is -2.33. The van der Waals surface area contributed by atoms with E-state index in [1.54, 1.807) is 0 Å². The molecule has 2 rings (SSSR count). The summed E-state index contributed by atoms with van der Waals surface area (Å²) >= 11 is 0. The van der Waals surface area contributed by atoms with Crippen molar-refractivity contribution in [2.75, 3.05) is 13.2 Å². The van der Waals surface area contributed by atoms with E-state index in [1.807, 2.05) is 55.5 Å². The summed E-state index contributed by atoms with van der Waals surface area (Å²) in [4.78, 5) is 12.2. The highest BCUT2D eigenvalue weighted by molar-refractivity contribution is 5.94. The third-order valence-electron chi connectivity index (χ3n) is 4.04. The van der Waals surface area contributed by atoms with Crippen LogP contribution in [0.3, 0.4) is 0 Å². The van der Waals surface area contributed by atoms with Gasteiger partial charge < -0.3 is 15.2 Å². The van der Waals surface area contributed by atoms with E-state index in [-0.39, 0.29) is 24.5 Å². The van der Waals surface area contributed by atoms with Crippen molar-refractivity contribution in [2.45, 2.75) is 39.2 Å². The Morgan fingerprint density at radius 1 is 1.12 bits per heavy atom. The van der Waals surface area contributed by atoms with Gasteiger partial charge in [0, 0.05) is 12.1 Å². The molecule has 0 fully saturated rings. The Kier molecular flexibility index (Phi) is 6.21. The topological polar surface area (TPSA) is 58.6 Å². The average molecular weight is 341 g/mol. The first-order chi connectivity index (χ1) is 11.8. The molecular formula is C21H27NO3. The third-order valence-corrected chi connectivity index (χ3v) is 4.04. The normalized spacial score (nSPS) is 12.5. The van der Waals surface area contributed by atoms with E-state index in [1.165, 1.54) is 5.56 Å². The van der Waals surface area contributed by atoms with Crippen molar-refractivity contribution in [3.63, 3.8) is 0 Å². The van der Waals surface area contributed by atoms with Crippen molar-refractivity contribution in [1.82, 2.24) is 5.32 Å². The Morgan fingerprint density at radius 2 is 1.76 bits per heavy atom. The summed E-state index contributed by atoms with van der Waals surface area (Å²) in [5, 5.41) is 12.7. The summed E-state index contributed by atoms with van der Waals surface area (Å²) in [6.07, 6.45) is -0.766. The van der Waals surface area contributed by atoms with Crippen LogP contribution >= 0.6 is 0 Å². The van der Waals surface area contributed by atoms with E-state index >= 15 is 0 Å². The van der Waals surface area contributed by atoms with E-state index < -0.39 is 6.10 Å². The van der Waals surface area contributed by atoms with Gasteiger partial charge in [-0.1, -0.05) is 51.1 Å². The van der Waals surface area contributed by atoms with Crippen LogP contribution in [0.5, 0.6) is 5.75 Å². The third kappa shape index (κ3) is 5.61. The molecule has 0 radical (unpaired) electrons. The monoisotopic (exact) mass is 341 g/mol. The van der Waals surface area contributed by atoms with Crippen LogP contribution in [0.15, 0.2) is 48.5 Å². The first-order valence-corrected chi connectivity index (χ1v) is 8.52. The number of aliphatic hydroxyl groups is 1. The molecule has 0 aliphatic carbocycles. The molecule has 0 heterocycles. The minimum absolute atomic E-state index is 0.0537. The molecule has 0 aliphatic rings. The second kappa shape index (κ2) is 8.17. The number of amides is 1. The van der Waals surface area contributed by atoms with Gasteiger partial charge >= 0.3 is 0 Å². The Balaban J connectivity index is 1.82. The summed E-state index contributed by atoms with van der Waals surface area (Å²) in [5.74, 6) is 0.543. The van der Waals surface area contributed by atoms with E-state index in [4.69, 9.17) is 4.74 Å². The fourth-order valence-electron chi connectivity index (χ4n) is 2.40. The van der Waals surface area contributed by atoms with Crippen LogP contribution in [0.1, 0.15) is 42.3 Å². The fraction of sp³-hybridized carbons (Fsp3) is 0.381. The number of rotatable bonds is 6. The smallest absolute Gasteiger partial charge is 0.251 e. The number of aryl methyl sites for hydroxylation is 1. The highest BCUT2D eigenvalue weighted by atomic mass is 16.5. The molecule has 1 atom stereocenters. The van der Waals surface area contributed by atoms with Crippen LogP contribution in [0, 0.1) is 6.92 Å². The lowest BCUT2D eigenvalue weighted by atomic mass is 9.87. The molecule has 0 saturated carbocycles. The zero-order valence-electron chi connectivity index (χ0n) is 15.4. The minimum atomic E-state index is -0.766. The number of ether oxygens (including phenoxy) is 1. The minimum Gasteiger partial charge on any atom is -0.491 e. The van der Waals surface area contributed by atoms with Crippen molar-refractivity contribution in [3.8, 4) is 5.75 Å². The lowest BCUT2D eigenvalue weighted by molar-refractivity contribution is 0.0842. The van der Waals surface area contributed by atoms with E-state index in [0.29, 0.717) is 5.56 Å². The van der Waals surface area contributed by atoms with Gasteiger partial charge in [-0.3, -0.25) is 4.79 Å². The zero-order valence-corrected chi connectivity index (χ0v) is 15.4. The van der Waals surface area contributed by atoms with E-state index in [2.05, 4.69) is 26.1 Å². The maximum absolute atomic E-state index is 12.2. The highest BCUT2D eigenvalue weighted by Crippen LogP contribution is 2.22. The summed E-state index contributed by atoms with van der Waals surface area (Å²) in [6, 6.07) is 15.2. The Bertz CT molecular complexity index is 702. The molecule has 1 unspecified atom stereocenters. The number of hydrogen-bond donors (Lipinski definition) is 2. The van der Waals surface area contributed by atoms with Crippen molar-refractivity contribution in [2.24, 2.45) is 0 Å². The van der Waals surface area contributed by atoms with Gasteiger partial charge in [0.05, 0.1) is 0 Å². The number of aliphatic hydroxyl groups excluding tert-OH is 1. The van der Waals surface area contributed by atoms with Crippen molar-refractivity contribution >= 4 is 5.91 Å². The molecule has 0 aromatic heterocycles. The predicted molar refractivity (Wildman–Crippen MR) is 100 cm³/mol. The van der Waals surface area contributed by atoms with E-state index in [9.17, 15) is 9.90 Å². The van der Waals surface area contributed by atoms with Gasteiger partial charge in [-0.25, -0.2) is 0 Å². The average Bonchev–Trinajstić information content (AvgIpc) is 2.58. The molecule has 0 spiro atoms. The molecule has 0 aliphatic heterocycles. The Labute approximate surface area is 149 Å². The lowest BCUT2D eigenvalue weighted by Crippen LogP contribution is -2.35. The number of carbonyl (C=O) groups is 1. The summed E-state index contributed by atoms with van der Waals surface area (Å²) in [5.41, 5.74) is 2.83. The van der Waals surface area contributed by atoms with Gasteiger partial charge in [-0.2, -0.15) is 0 Å². The van der Waals surface area contributed by atoms with Gasteiger partial charge in [0.2, 0.25) is 0 Å². The molecule has 4 heteroatoms. The van der Waals surface area contributed by atoms with Gasteiger partial charge in [-0.05, 0) is 41.7 Å². The van der Waals surface area contributed by atoms with Crippen molar-refractivity contribution < 1.29 is 14.6 Å². The van der Waals surface area contributed by atoms with Crippen molar-refractivity contribution in [1.29, 1.82) is 0 Å². The second-order valence-electron chi connectivity index (χ2n) is 7.27. The van der Waals surface area contributed by atoms with Crippen LogP contribution < -0.4 is 10.1 Å². The fourth-order valence-corrected chi connectivity index (χ4v) is 2.40. The maximum Gasteiger partial charge on any atom is 0.251 e. The highest BCUT2D eigenvalue weighted by Gasteiger charge is 2.15. The van der Waals surface area contributed by atoms with Crippen LogP contribution in [-0.2, 0) is 5.41 Å². The lowest BCUT2D eigenvalue weighted by Gasteiger charge is -2.19. The molecule has 4 nitrogen and oxygen atoms in total. The number of para-hydroxylation sites is 1. The SMILES string of the molecule is Cc1ccccc1OCC(O)CNC(=O)c1ccc(C(C)(C)C)cc1. The quantitative estimate of drug-likeness (QED) is 0.846. The summed E-state index contributed by atoms with van der Waals surface area (Å²) in [7, 11) is 0. The molecule has 2 N–H and O–H groups in total. The summed E-state index contributed by atoms with van der Waals surface area (Å²) in [6.45, 7) is 8.62. The number of benzene rings is 2. The molecule has 2 aromatic carbocycles. The molecule has 25 heavy (non-hydrogen) atoms. The number of carbonyl (C=O) groups excluding carboxylic acids is 1. The predicted octanol–water partition coefficient (Wildman–Crippen LogP) is 3.46. The van der Waals surface area contributed by atoms with E-state index in [0.717, 1.165) is 11.3 Å². The Morgan fingerprint density at radius 3 is 2.36 bits per heavy atom. The van der Waals surface area contributed by atoms with Crippen molar-refractivity contribution in [3.05, 3.63) is 65.2 Å². The largest absolute Gasteiger partial charge is 0.491 e. The molecular weight excluding hydrogens is 314 g/mol. The first kappa shape index (κ1) is 19.0. The molecule has 134 valence electrons. The standard InChI is InChI=1S/C21H27NO3/c1-15-7-5-6-8-19(15)25-14-18(23)13-22-20(24)16-9-11-17(12-10-16)21(2,3)4/h5-12,18,23H,13-14H2,1-4H3,(H,22,24). The zero-order chi connectivity index (χ0) is 18.4. The molecule has 1 amide bonds. The first-order valence-electron chi connectivity index (χ1n) is 8.52. The summed E-state index contributed by atoms with van der Waals surface area (Å²) < 4.78 is 5.59. The second-order valence-corrected chi connectivity index (χ2v) is 7.27. The number of hydrogen-bond acceptors (Lipinski definition) is 3. The maximum atomic E-state index is 12.2. The molecule has 0 bridgehead atoms. The van der Waals surface area contributed by atoms with Crippen LogP contribution in [-0.4, -0.2) is 30.3 Å². The molecule has 0 saturated heterocycles.